The molecule has 0 aliphatic heterocycles. The van der Waals surface area contributed by atoms with Crippen LogP contribution in [-0.4, -0.2) is 32.8 Å². The average Bonchev–Trinajstić information content (AvgIpc) is 2.93. The van der Waals surface area contributed by atoms with Crippen molar-refractivity contribution in [2.24, 2.45) is 5.10 Å². The first kappa shape index (κ1) is 28.7. The molecule has 1 amide bonds. The number of rotatable bonds is 11. The maximum absolute atomic E-state index is 12.8. The molecule has 0 radical (unpaired) electrons. The summed E-state index contributed by atoms with van der Waals surface area (Å²) in [6.45, 7) is 1.87. The lowest BCUT2D eigenvalue weighted by Gasteiger charge is -2.27. The molecule has 8 nitrogen and oxygen atoms in total. The first-order valence-electron chi connectivity index (χ1n) is 12.3. The lowest BCUT2D eigenvalue weighted by Crippen LogP contribution is -2.46. The van der Waals surface area contributed by atoms with Crippen LogP contribution in [-0.2, 0) is 21.4 Å². The summed E-state index contributed by atoms with van der Waals surface area (Å²) < 4.78 is 37.8. The fourth-order valence-electron chi connectivity index (χ4n) is 3.80. The minimum absolute atomic E-state index is 0.322. The number of hydrogen-bond donors (Lipinski definition) is 1. The largest absolute Gasteiger partial charge is 0.489 e. The molecule has 0 fully saturated rings. The topological polar surface area (TPSA) is 97.3 Å². The van der Waals surface area contributed by atoms with Crippen LogP contribution in [0.15, 0.2) is 108 Å². The van der Waals surface area contributed by atoms with Crippen molar-refractivity contribution in [2.75, 3.05) is 10.6 Å². The van der Waals surface area contributed by atoms with E-state index in [9.17, 15) is 13.2 Å². The number of benzene rings is 4. The minimum atomic E-state index is -3.79. The summed E-state index contributed by atoms with van der Waals surface area (Å²) in [4.78, 5) is 12.8. The number of anilines is 1. The predicted octanol–water partition coefficient (Wildman–Crippen LogP) is 6.02. The number of hydrogen-bond acceptors (Lipinski definition) is 6. The lowest BCUT2D eigenvalue weighted by molar-refractivity contribution is -0.121. The summed E-state index contributed by atoms with van der Waals surface area (Å²) in [6, 6.07) is 29.2. The lowest BCUT2D eigenvalue weighted by atomic mass is 10.2. The van der Waals surface area contributed by atoms with Gasteiger partial charge in [0.05, 0.1) is 18.2 Å². The van der Waals surface area contributed by atoms with Crippen LogP contribution in [0, 0.1) is 0 Å². The zero-order valence-electron chi connectivity index (χ0n) is 21.9. The van der Waals surface area contributed by atoms with Gasteiger partial charge in [0.15, 0.2) is 0 Å². The quantitative estimate of drug-likeness (QED) is 0.174. The number of sulfonamides is 1. The summed E-state index contributed by atoms with van der Waals surface area (Å²) in [5.41, 5.74) is 4.41. The molecule has 10 heteroatoms. The Morgan fingerprint density at radius 3 is 2.23 bits per heavy atom. The molecule has 0 aliphatic rings. The highest BCUT2D eigenvalue weighted by atomic mass is 35.5. The van der Waals surface area contributed by atoms with Gasteiger partial charge in [-0.2, -0.15) is 5.10 Å². The number of nitrogens with zero attached hydrogens (tertiary/aromatic N) is 2. The van der Waals surface area contributed by atoms with E-state index in [0.29, 0.717) is 34.6 Å². The molecule has 4 aromatic rings. The number of ether oxygens (including phenoxy) is 2. The molecule has 1 atom stereocenters. The van der Waals surface area contributed by atoms with E-state index in [0.717, 1.165) is 21.7 Å². The Kier molecular flexibility index (Phi) is 9.42. The molecule has 40 heavy (non-hydrogen) atoms. The average molecular weight is 578 g/mol. The maximum Gasteiger partial charge on any atom is 0.263 e. The van der Waals surface area contributed by atoms with E-state index < -0.39 is 22.0 Å². The van der Waals surface area contributed by atoms with Crippen LogP contribution in [0.4, 0.5) is 5.69 Å². The zero-order valence-corrected chi connectivity index (χ0v) is 23.5. The Hall–Kier alpha value is -4.34. The maximum atomic E-state index is 12.8. The second kappa shape index (κ2) is 13.1. The van der Waals surface area contributed by atoms with E-state index in [1.807, 2.05) is 48.5 Å². The molecule has 206 valence electrons. The van der Waals surface area contributed by atoms with E-state index in [-0.39, 0.29) is 0 Å². The number of carbonyl (C=O) groups excluding carboxylic acids is 1. The molecule has 0 spiro atoms. The Labute approximate surface area is 238 Å². The van der Waals surface area contributed by atoms with Gasteiger partial charge in [0.2, 0.25) is 10.0 Å². The van der Waals surface area contributed by atoms with Crippen molar-refractivity contribution in [1.82, 2.24) is 5.43 Å². The van der Waals surface area contributed by atoms with Gasteiger partial charge in [-0.3, -0.25) is 9.10 Å². The molecule has 4 aromatic carbocycles. The van der Waals surface area contributed by atoms with E-state index in [1.54, 1.807) is 54.6 Å². The standard InChI is InChI=1S/C30H28ClN3O5S/c1-22(34(40(2,36)37)26-13-17-29(18-14-26)39-28-9-4-3-5-10-28)30(35)33-32-20-23-11-15-27(16-12-23)38-21-24-7-6-8-25(31)19-24/h3-20,22H,21H2,1-2H3,(H,33,35)/b32-20-/t22-/m1/s1. The summed E-state index contributed by atoms with van der Waals surface area (Å²) in [6.07, 6.45) is 2.51. The monoisotopic (exact) mass is 577 g/mol. The van der Waals surface area contributed by atoms with Crippen LogP contribution in [0.25, 0.3) is 0 Å². The molecular weight excluding hydrogens is 550 g/mol. The fourth-order valence-corrected chi connectivity index (χ4v) is 5.19. The van der Waals surface area contributed by atoms with Crippen LogP contribution in [0.5, 0.6) is 17.2 Å². The van der Waals surface area contributed by atoms with Gasteiger partial charge in [0.25, 0.3) is 5.91 Å². The van der Waals surface area contributed by atoms with E-state index in [2.05, 4.69) is 10.5 Å². The highest BCUT2D eigenvalue weighted by Gasteiger charge is 2.29. The first-order valence-corrected chi connectivity index (χ1v) is 14.5. The number of para-hydroxylation sites is 1. The first-order chi connectivity index (χ1) is 19.2. The number of hydrazone groups is 1. The summed E-state index contributed by atoms with van der Waals surface area (Å²) in [5, 5.41) is 4.64. The van der Waals surface area contributed by atoms with Gasteiger partial charge in [0.1, 0.15) is 29.9 Å². The fraction of sp³-hybridized carbons (Fsp3) is 0.133. The molecule has 0 saturated carbocycles. The SMILES string of the molecule is C[C@H](C(=O)N/N=C\c1ccc(OCc2cccc(Cl)c2)cc1)N(c1ccc(Oc2ccccc2)cc1)S(C)(=O)=O. The van der Waals surface area contributed by atoms with Gasteiger partial charge in [-0.15, -0.1) is 0 Å². The normalized spacial score (nSPS) is 12.1. The van der Waals surface area contributed by atoms with Crippen molar-refractivity contribution in [3.8, 4) is 17.2 Å². The van der Waals surface area contributed by atoms with Crippen molar-refractivity contribution in [1.29, 1.82) is 0 Å². The molecule has 0 bridgehead atoms. The summed E-state index contributed by atoms with van der Waals surface area (Å²) >= 11 is 6.00. The van der Waals surface area contributed by atoms with Crippen LogP contribution in [0.2, 0.25) is 5.02 Å². The molecular formula is C30H28ClN3O5S. The van der Waals surface area contributed by atoms with Crippen LogP contribution in [0.1, 0.15) is 18.1 Å². The second-order valence-electron chi connectivity index (χ2n) is 8.87. The Morgan fingerprint density at radius 1 is 0.925 bits per heavy atom. The number of amides is 1. The third-order valence-electron chi connectivity index (χ3n) is 5.72. The van der Waals surface area contributed by atoms with Gasteiger partial charge in [0, 0.05) is 5.02 Å². The summed E-state index contributed by atoms with van der Waals surface area (Å²) in [7, 11) is -3.79. The Balaban J connectivity index is 1.35. The van der Waals surface area contributed by atoms with Crippen LogP contribution in [0.3, 0.4) is 0 Å². The van der Waals surface area contributed by atoms with Gasteiger partial charge >= 0.3 is 0 Å². The highest BCUT2D eigenvalue weighted by Crippen LogP contribution is 2.27. The zero-order chi connectivity index (χ0) is 28.5. The number of carbonyl (C=O) groups is 1. The number of nitrogens with one attached hydrogen (secondary N) is 1. The van der Waals surface area contributed by atoms with Crippen molar-refractivity contribution < 1.29 is 22.7 Å². The van der Waals surface area contributed by atoms with Crippen LogP contribution < -0.4 is 19.2 Å². The van der Waals surface area contributed by atoms with Gasteiger partial charge in [-0.05, 0) is 90.8 Å². The Morgan fingerprint density at radius 2 is 1.57 bits per heavy atom. The van der Waals surface area contributed by atoms with Gasteiger partial charge in [-0.1, -0.05) is 41.9 Å². The number of halogens is 1. The summed E-state index contributed by atoms with van der Waals surface area (Å²) in [5.74, 6) is 1.26. The third kappa shape index (κ3) is 8.08. The smallest absolute Gasteiger partial charge is 0.263 e. The minimum Gasteiger partial charge on any atom is -0.489 e. The van der Waals surface area contributed by atoms with Crippen molar-refractivity contribution in [3.63, 3.8) is 0 Å². The molecule has 0 saturated heterocycles. The molecule has 0 unspecified atom stereocenters. The Bertz CT molecular complexity index is 1560. The van der Waals surface area contributed by atoms with Crippen molar-refractivity contribution in [2.45, 2.75) is 19.6 Å². The molecule has 0 aromatic heterocycles. The van der Waals surface area contributed by atoms with Crippen LogP contribution >= 0.6 is 11.6 Å². The molecule has 4 rings (SSSR count). The van der Waals surface area contributed by atoms with Gasteiger partial charge in [-0.25, -0.2) is 13.8 Å². The molecule has 0 heterocycles. The van der Waals surface area contributed by atoms with Gasteiger partial charge < -0.3 is 9.47 Å². The van der Waals surface area contributed by atoms with E-state index in [4.69, 9.17) is 21.1 Å². The molecule has 1 N–H and O–H groups in total. The third-order valence-corrected chi connectivity index (χ3v) is 7.20. The van der Waals surface area contributed by atoms with Crippen molar-refractivity contribution >= 4 is 39.4 Å². The highest BCUT2D eigenvalue weighted by molar-refractivity contribution is 7.92. The van der Waals surface area contributed by atoms with E-state index in [1.165, 1.54) is 13.1 Å². The van der Waals surface area contributed by atoms with Crippen molar-refractivity contribution in [3.05, 3.63) is 119 Å². The second-order valence-corrected chi connectivity index (χ2v) is 11.2. The predicted molar refractivity (Wildman–Crippen MR) is 158 cm³/mol. The molecule has 0 aliphatic carbocycles. The van der Waals surface area contributed by atoms with E-state index >= 15 is 0 Å².